The molecule has 1 saturated heterocycles. The van der Waals surface area contributed by atoms with Crippen LogP contribution in [-0.4, -0.2) is 63.7 Å². The van der Waals surface area contributed by atoms with Crippen LogP contribution < -0.4 is 4.90 Å². The maximum Gasteiger partial charge on any atom is 0.410 e. The number of hydrogen-bond donors (Lipinski definition) is 1. The molecule has 1 amide bonds. The van der Waals surface area contributed by atoms with Gasteiger partial charge in [0, 0.05) is 19.6 Å². The number of carbonyl (C=O) groups excluding carboxylic acids is 1. The number of amides is 1. The van der Waals surface area contributed by atoms with Crippen molar-refractivity contribution in [3.8, 4) is 0 Å². The Kier molecular flexibility index (Phi) is 5.32. The average molecular weight is 336 g/mol. The number of aromatic nitrogens is 2. The number of nitrogens with zero attached hydrogens (tertiary/aromatic N) is 4. The maximum absolute atomic E-state index is 12.3. The number of rotatable bonds is 2. The minimum absolute atomic E-state index is 0.214. The largest absolute Gasteiger partial charge is 0.444 e. The third-order valence-electron chi connectivity index (χ3n) is 4.01. The van der Waals surface area contributed by atoms with Crippen molar-refractivity contribution in [3.05, 3.63) is 17.5 Å². The summed E-state index contributed by atoms with van der Waals surface area (Å²) < 4.78 is 5.45. The standard InChI is InChI=1S/C17H28N4O3/c1-11-9-14(12(2)19-18-11)21-8-7-20(10-15(21)13(3)22)16(23)24-17(4,5)6/h9,13,15,22H,7-8,10H2,1-6H3. The minimum atomic E-state index is -0.594. The Morgan fingerprint density at radius 3 is 2.58 bits per heavy atom. The molecule has 2 unspecified atom stereocenters. The van der Waals surface area contributed by atoms with E-state index in [0.717, 1.165) is 17.1 Å². The molecule has 1 fully saturated rings. The van der Waals surface area contributed by atoms with Crippen molar-refractivity contribution in [2.24, 2.45) is 0 Å². The quantitative estimate of drug-likeness (QED) is 0.889. The fraction of sp³-hybridized carbons (Fsp3) is 0.706. The number of anilines is 1. The van der Waals surface area contributed by atoms with Crippen LogP contribution in [0.25, 0.3) is 0 Å². The van der Waals surface area contributed by atoms with Crippen molar-refractivity contribution in [3.63, 3.8) is 0 Å². The van der Waals surface area contributed by atoms with Gasteiger partial charge in [0.15, 0.2) is 0 Å². The van der Waals surface area contributed by atoms with Gasteiger partial charge in [0.25, 0.3) is 0 Å². The Labute approximate surface area is 143 Å². The van der Waals surface area contributed by atoms with Crippen molar-refractivity contribution in [1.29, 1.82) is 0 Å². The van der Waals surface area contributed by atoms with Crippen LogP contribution in [0.2, 0.25) is 0 Å². The zero-order valence-electron chi connectivity index (χ0n) is 15.4. The van der Waals surface area contributed by atoms with E-state index in [1.54, 1.807) is 11.8 Å². The Morgan fingerprint density at radius 1 is 1.33 bits per heavy atom. The van der Waals surface area contributed by atoms with E-state index in [0.29, 0.717) is 19.6 Å². The van der Waals surface area contributed by atoms with Crippen LogP contribution in [-0.2, 0) is 4.74 Å². The molecule has 2 atom stereocenters. The lowest BCUT2D eigenvalue weighted by atomic mass is 10.1. The molecule has 134 valence electrons. The van der Waals surface area contributed by atoms with Gasteiger partial charge >= 0.3 is 6.09 Å². The third-order valence-corrected chi connectivity index (χ3v) is 4.01. The molecule has 24 heavy (non-hydrogen) atoms. The Balaban J connectivity index is 2.20. The summed E-state index contributed by atoms with van der Waals surface area (Å²) >= 11 is 0. The van der Waals surface area contributed by atoms with Gasteiger partial charge in [0.1, 0.15) is 5.60 Å². The van der Waals surface area contributed by atoms with Gasteiger partial charge in [0.05, 0.1) is 29.2 Å². The molecule has 0 spiro atoms. The SMILES string of the molecule is Cc1cc(N2CCN(C(=O)OC(C)(C)C)CC2C(C)O)c(C)nn1. The molecule has 1 aliphatic rings. The predicted octanol–water partition coefficient (Wildman–Crippen LogP) is 1.90. The Bertz CT molecular complexity index is 598. The van der Waals surface area contributed by atoms with E-state index in [4.69, 9.17) is 4.74 Å². The summed E-state index contributed by atoms with van der Waals surface area (Å²) in [6.45, 7) is 12.7. The third kappa shape index (κ3) is 4.35. The second kappa shape index (κ2) is 6.93. The lowest BCUT2D eigenvalue weighted by Crippen LogP contribution is -2.59. The highest BCUT2D eigenvalue weighted by atomic mass is 16.6. The number of aliphatic hydroxyl groups excluding tert-OH is 1. The molecule has 0 aromatic carbocycles. The van der Waals surface area contributed by atoms with Crippen LogP contribution in [0.3, 0.4) is 0 Å². The zero-order chi connectivity index (χ0) is 18.1. The molecule has 2 rings (SSSR count). The first-order valence-electron chi connectivity index (χ1n) is 8.32. The summed E-state index contributed by atoms with van der Waals surface area (Å²) in [6, 6.07) is 1.76. The number of carbonyl (C=O) groups is 1. The van der Waals surface area contributed by atoms with Crippen LogP contribution in [0.4, 0.5) is 10.5 Å². The second-order valence-corrected chi connectivity index (χ2v) is 7.38. The van der Waals surface area contributed by atoms with Gasteiger partial charge in [-0.15, -0.1) is 0 Å². The summed E-state index contributed by atoms with van der Waals surface area (Å²) in [5.74, 6) is 0. The highest BCUT2D eigenvalue weighted by Gasteiger charge is 2.35. The van der Waals surface area contributed by atoms with E-state index in [9.17, 15) is 9.90 Å². The van der Waals surface area contributed by atoms with E-state index >= 15 is 0 Å². The number of piperazine rings is 1. The summed E-state index contributed by atoms with van der Waals surface area (Å²) in [5.41, 5.74) is 2.07. The first-order valence-corrected chi connectivity index (χ1v) is 8.32. The predicted molar refractivity (Wildman–Crippen MR) is 92.1 cm³/mol. The van der Waals surface area contributed by atoms with Gasteiger partial charge in [-0.05, 0) is 47.6 Å². The molecular weight excluding hydrogens is 308 g/mol. The molecule has 0 radical (unpaired) electrons. The second-order valence-electron chi connectivity index (χ2n) is 7.38. The molecular formula is C17H28N4O3. The van der Waals surface area contributed by atoms with Crippen molar-refractivity contribution in [2.45, 2.75) is 59.3 Å². The molecule has 1 N–H and O–H groups in total. The number of hydrogen-bond acceptors (Lipinski definition) is 6. The molecule has 1 aromatic rings. The smallest absolute Gasteiger partial charge is 0.410 e. The molecule has 0 bridgehead atoms. The normalized spacial score (nSPS) is 20.0. The van der Waals surface area contributed by atoms with Crippen molar-refractivity contribution < 1.29 is 14.6 Å². The van der Waals surface area contributed by atoms with Crippen LogP contribution in [0.1, 0.15) is 39.1 Å². The highest BCUT2D eigenvalue weighted by molar-refractivity contribution is 5.69. The van der Waals surface area contributed by atoms with Crippen molar-refractivity contribution in [1.82, 2.24) is 15.1 Å². The van der Waals surface area contributed by atoms with Crippen LogP contribution in [0.15, 0.2) is 6.07 Å². The van der Waals surface area contributed by atoms with Crippen molar-refractivity contribution in [2.75, 3.05) is 24.5 Å². The van der Waals surface area contributed by atoms with E-state index in [2.05, 4.69) is 15.1 Å². The molecule has 1 aliphatic heterocycles. The molecule has 7 heteroatoms. The summed E-state index contributed by atoms with van der Waals surface area (Å²) in [4.78, 5) is 16.1. The van der Waals surface area contributed by atoms with Crippen LogP contribution >= 0.6 is 0 Å². The van der Waals surface area contributed by atoms with Crippen LogP contribution in [0.5, 0.6) is 0 Å². The Hall–Kier alpha value is -1.89. The van der Waals surface area contributed by atoms with Crippen LogP contribution in [0, 0.1) is 13.8 Å². The lowest BCUT2D eigenvalue weighted by molar-refractivity contribution is 0.0163. The fourth-order valence-corrected chi connectivity index (χ4v) is 2.84. The molecule has 7 nitrogen and oxygen atoms in total. The Morgan fingerprint density at radius 2 is 2.00 bits per heavy atom. The van der Waals surface area contributed by atoms with Gasteiger partial charge in [-0.2, -0.15) is 10.2 Å². The topological polar surface area (TPSA) is 78.8 Å². The summed E-state index contributed by atoms with van der Waals surface area (Å²) in [6.07, 6.45) is -0.934. The number of aliphatic hydroxyl groups is 1. The molecule has 1 aromatic heterocycles. The first-order chi connectivity index (χ1) is 11.1. The summed E-state index contributed by atoms with van der Waals surface area (Å²) in [5, 5.41) is 18.5. The first kappa shape index (κ1) is 18.4. The van der Waals surface area contributed by atoms with Crippen molar-refractivity contribution >= 4 is 11.8 Å². The molecule has 0 aliphatic carbocycles. The fourth-order valence-electron chi connectivity index (χ4n) is 2.84. The van der Waals surface area contributed by atoms with Gasteiger partial charge in [-0.1, -0.05) is 0 Å². The maximum atomic E-state index is 12.3. The monoisotopic (exact) mass is 336 g/mol. The number of aryl methyl sites for hydroxylation is 2. The van der Waals surface area contributed by atoms with Gasteiger partial charge < -0.3 is 19.6 Å². The molecule has 0 saturated carbocycles. The average Bonchev–Trinajstić information content (AvgIpc) is 2.47. The van der Waals surface area contributed by atoms with Gasteiger partial charge in [-0.3, -0.25) is 0 Å². The van der Waals surface area contributed by atoms with Gasteiger partial charge in [-0.25, -0.2) is 4.79 Å². The minimum Gasteiger partial charge on any atom is -0.444 e. The lowest BCUT2D eigenvalue weighted by Gasteiger charge is -2.44. The van der Waals surface area contributed by atoms with E-state index in [1.165, 1.54) is 0 Å². The van der Waals surface area contributed by atoms with Gasteiger partial charge in [0.2, 0.25) is 0 Å². The summed E-state index contributed by atoms with van der Waals surface area (Å²) in [7, 11) is 0. The van der Waals surface area contributed by atoms with E-state index in [-0.39, 0.29) is 12.1 Å². The zero-order valence-corrected chi connectivity index (χ0v) is 15.4. The highest BCUT2D eigenvalue weighted by Crippen LogP contribution is 2.26. The van der Waals surface area contributed by atoms with E-state index < -0.39 is 11.7 Å². The van der Waals surface area contributed by atoms with E-state index in [1.807, 2.05) is 40.7 Å². The number of ether oxygens (including phenoxy) is 1. The molecule has 2 heterocycles.